The first kappa shape index (κ1) is 14.9. The molecule has 1 atom stereocenters. The molecule has 1 aromatic carbocycles. The Morgan fingerprint density at radius 3 is 2.32 bits per heavy atom. The zero-order chi connectivity index (χ0) is 14.1. The highest BCUT2D eigenvalue weighted by atomic mass is 16.5. The van der Waals surface area contributed by atoms with Gasteiger partial charge in [0.2, 0.25) is 0 Å². The lowest BCUT2D eigenvalue weighted by molar-refractivity contribution is -0.142. The van der Waals surface area contributed by atoms with E-state index in [0.29, 0.717) is 0 Å². The van der Waals surface area contributed by atoms with Crippen LogP contribution in [-0.4, -0.2) is 29.8 Å². The van der Waals surface area contributed by atoms with Crippen molar-refractivity contribution in [3.8, 4) is 0 Å². The predicted octanol–water partition coefficient (Wildman–Crippen LogP) is 1.21. The van der Waals surface area contributed by atoms with E-state index in [2.05, 4.69) is 4.74 Å². The molecule has 0 bridgehead atoms. The van der Waals surface area contributed by atoms with Crippen LogP contribution in [0.2, 0.25) is 0 Å². The summed E-state index contributed by atoms with van der Waals surface area (Å²) < 4.78 is 9.55. The molecule has 0 spiro atoms. The van der Waals surface area contributed by atoms with Gasteiger partial charge in [-0.15, -0.1) is 0 Å². The Kier molecular flexibility index (Phi) is 6.32. The molecule has 0 heterocycles. The Morgan fingerprint density at radius 2 is 1.74 bits per heavy atom. The lowest BCUT2D eigenvalue weighted by Crippen LogP contribution is -2.14. The summed E-state index contributed by atoms with van der Waals surface area (Å²) in [5, 5.41) is 8.90. The first-order valence-corrected chi connectivity index (χ1v) is 5.81. The van der Waals surface area contributed by atoms with Crippen molar-refractivity contribution in [2.45, 2.75) is 19.6 Å². The number of aliphatic hydroxyl groups is 1. The zero-order valence-corrected chi connectivity index (χ0v) is 10.6. The molecule has 1 aromatic rings. The molecule has 1 rings (SSSR count). The highest BCUT2D eigenvalue weighted by Gasteiger charge is 2.03. The van der Waals surface area contributed by atoms with Crippen molar-refractivity contribution < 1.29 is 24.2 Å². The summed E-state index contributed by atoms with van der Waals surface area (Å²) >= 11 is 0. The number of ether oxygens (including phenoxy) is 2. The number of rotatable bonds is 6. The molecule has 19 heavy (non-hydrogen) atoms. The molecule has 0 fully saturated rings. The Bertz CT molecular complexity index is 436. The molecule has 0 aliphatic heterocycles. The molecule has 1 unspecified atom stereocenters. The summed E-state index contributed by atoms with van der Waals surface area (Å²) in [6.45, 7) is 1.53. The SMILES string of the molecule is CC(O)COC(=O)/C=C/C(=O)OCc1ccccc1. The fourth-order valence-corrected chi connectivity index (χ4v) is 1.16. The Labute approximate surface area is 111 Å². The largest absolute Gasteiger partial charge is 0.460 e. The molecule has 0 aromatic heterocycles. The number of carbonyl (C=O) groups excluding carboxylic acids is 2. The van der Waals surface area contributed by atoms with Crippen molar-refractivity contribution in [1.82, 2.24) is 0 Å². The molecular formula is C14H16O5. The van der Waals surface area contributed by atoms with Gasteiger partial charge in [0.1, 0.15) is 13.2 Å². The Balaban J connectivity index is 2.29. The van der Waals surface area contributed by atoms with E-state index in [0.717, 1.165) is 17.7 Å². The predicted molar refractivity (Wildman–Crippen MR) is 68.0 cm³/mol. The van der Waals surface area contributed by atoms with Crippen molar-refractivity contribution in [2.75, 3.05) is 6.61 Å². The minimum Gasteiger partial charge on any atom is -0.460 e. The second kappa shape index (κ2) is 8.05. The quantitative estimate of drug-likeness (QED) is 0.617. The minimum absolute atomic E-state index is 0.109. The van der Waals surface area contributed by atoms with Crippen molar-refractivity contribution >= 4 is 11.9 Å². The van der Waals surface area contributed by atoms with Crippen LogP contribution >= 0.6 is 0 Å². The van der Waals surface area contributed by atoms with E-state index in [4.69, 9.17) is 9.84 Å². The Hall–Kier alpha value is -2.14. The average Bonchev–Trinajstić information content (AvgIpc) is 2.41. The second-order valence-electron chi connectivity index (χ2n) is 3.91. The van der Waals surface area contributed by atoms with Crippen LogP contribution in [0, 0.1) is 0 Å². The molecular weight excluding hydrogens is 248 g/mol. The van der Waals surface area contributed by atoms with Crippen LogP contribution in [0.15, 0.2) is 42.5 Å². The summed E-state index contributed by atoms with van der Waals surface area (Å²) in [4.78, 5) is 22.4. The van der Waals surface area contributed by atoms with Gasteiger partial charge in [0.25, 0.3) is 0 Å². The number of carbonyl (C=O) groups is 2. The lowest BCUT2D eigenvalue weighted by atomic mass is 10.2. The van der Waals surface area contributed by atoms with E-state index in [1.165, 1.54) is 6.92 Å². The normalized spacial score (nSPS) is 12.1. The molecule has 0 aliphatic rings. The lowest BCUT2D eigenvalue weighted by Gasteiger charge is -2.03. The third kappa shape index (κ3) is 7.00. The summed E-state index contributed by atoms with van der Waals surface area (Å²) in [7, 11) is 0. The Morgan fingerprint density at radius 1 is 1.16 bits per heavy atom. The van der Waals surface area contributed by atoms with E-state index in [1.54, 1.807) is 0 Å². The first-order chi connectivity index (χ1) is 9.08. The van der Waals surface area contributed by atoms with Crippen LogP contribution in [-0.2, 0) is 25.7 Å². The van der Waals surface area contributed by atoms with E-state index >= 15 is 0 Å². The third-order valence-electron chi connectivity index (χ3n) is 2.05. The fourth-order valence-electron chi connectivity index (χ4n) is 1.16. The van der Waals surface area contributed by atoms with Crippen molar-refractivity contribution in [1.29, 1.82) is 0 Å². The number of hydrogen-bond donors (Lipinski definition) is 1. The molecule has 102 valence electrons. The van der Waals surface area contributed by atoms with Gasteiger partial charge >= 0.3 is 11.9 Å². The van der Waals surface area contributed by atoms with Crippen molar-refractivity contribution in [2.24, 2.45) is 0 Å². The number of benzene rings is 1. The minimum atomic E-state index is -0.734. The molecule has 5 heteroatoms. The van der Waals surface area contributed by atoms with Crippen LogP contribution in [0.5, 0.6) is 0 Å². The van der Waals surface area contributed by atoms with Gasteiger partial charge in [-0.3, -0.25) is 0 Å². The van der Waals surface area contributed by atoms with Gasteiger partial charge in [-0.2, -0.15) is 0 Å². The average molecular weight is 264 g/mol. The maximum atomic E-state index is 11.3. The van der Waals surface area contributed by atoms with Gasteiger partial charge in [-0.1, -0.05) is 30.3 Å². The van der Waals surface area contributed by atoms with Crippen LogP contribution in [0.1, 0.15) is 12.5 Å². The van der Waals surface area contributed by atoms with Gasteiger partial charge in [-0.05, 0) is 12.5 Å². The summed E-state index contributed by atoms with van der Waals surface area (Å²) in [5.74, 6) is -1.32. The first-order valence-electron chi connectivity index (χ1n) is 5.81. The number of hydrogen-bond acceptors (Lipinski definition) is 5. The van der Waals surface area contributed by atoms with Crippen molar-refractivity contribution in [3.63, 3.8) is 0 Å². The van der Waals surface area contributed by atoms with Gasteiger partial charge in [0.15, 0.2) is 0 Å². The highest BCUT2D eigenvalue weighted by Crippen LogP contribution is 2.00. The van der Waals surface area contributed by atoms with E-state index in [-0.39, 0.29) is 13.2 Å². The monoisotopic (exact) mass is 264 g/mol. The second-order valence-corrected chi connectivity index (χ2v) is 3.91. The highest BCUT2D eigenvalue weighted by molar-refractivity contribution is 5.91. The van der Waals surface area contributed by atoms with Gasteiger partial charge in [0.05, 0.1) is 6.10 Å². The summed E-state index contributed by atoms with van der Waals surface area (Å²) in [5.41, 5.74) is 0.862. The summed E-state index contributed by atoms with van der Waals surface area (Å²) in [6, 6.07) is 9.20. The maximum absolute atomic E-state index is 11.3. The molecule has 1 N–H and O–H groups in total. The van der Waals surface area contributed by atoms with Gasteiger partial charge in [0, 0.05) is 12.2 Å². The summed E-state index contributed by atoms with van der Waals surface area (Å²) in [6.07, 6.45) is 1.23. The topological polar surface area (TPSA) is 72.8 Å². The molecule has 5 nitrogen and oxygen atoms in total. The van der Waals surface area contributed by atoms with Crippen LogP contribution in [0.4, 0.5) is 0 Å². The molecule has 0 saturated carbocycles. The smallest absolute Gasteiger partial charge is 0.331 e. The van der Waals surface area contributed by atoms with Gasteiger partial charge in [-0.25, -0.2) is 9.59 Å². The fraction of sp³-hybridized carbons (Fsp3) is 0.286. The number of esters is 2. The van der Waals surface area contributed by atoms with Gasteiger partial charge < -0.3 is 14.6 Å². The van der Waals surface area contributed by atoms with E-state index in [1.807, 2.05) is 30.3 Å². The zero-order valence-electron chi connectivity index (χ0n) is 10.6. The molecule has 0 aliphatic carbocycles. The molecule has 0 radical (unpaired) electrons. The van der Waals surface area contributed by atoms with Crippen LogP contribution in [0.25, 0.3) is 0 Å². The molecule has 0 saturated heterocycles. The van der Waals surface area contributed by atoms with Crippen molar-refractivity contribution in [3.05, 3.63) is 48.0 Å². The number of aliphatic hydroxyl groups excluding tert-OH is 1. The van der Waals surface area contributed by atoms with E-state index in [9.17, 15) is 9.59 Å². The molecule has 0 amide bonds. The van der Waals surface area contributed by atoms with Crippen LogP contribution in [0.3, 0.4) is 0 Å². The third-order valence-corrected chi connectivity index (χ3v) is 2.05. The standard InChI is InChI=1S/C14H16O5/c1-11(15)9-18-13(16)7-8-14(17)19-10-12-5-3-2-4-6-12/h2-8,11,15H,9-10H2,1H3/b8-7+. The van der Waals surface area contributed by atoms with E-state index < -0.39 is 18.0 Å². The maximum Gasteiger partial charge on any atom is 0.331 e. The van der Waals surface area contributed by atoms with Crippen LogP contribution < -0.4 is 0 Å².